The quantitative estimate of drug-likeness (QED) is 0.209. The van der Waals surface area contributed by atoms with Crippen LogP contribution in [0.15, 0.2) is 146 Å². The lowest BCUT2D eigenvalue weighted by Crippen LogP contribution is -1.97. The minimum absolute atomic E-state index is 0.980. The summed E-state index contributed by atoms with van der Waals surface area (Å²) in [5.41, 5.74) is 10.5. The molecule has 2 heterocycles. The molecule has 0 aliphatic heterocycles. The highest BCUT2D eigenvalue weighted by Gasteiger charge is 2.17. The first-order valence-corrected chi connectivity index (χ1v) is 14.3. The summed E-state index contributed by atoms with van der Waals surface area (Å²) in [7, 11) is 0. The molecular weight excluding hydrogens is 510 g/mol. The number of aromatic nitrogens is 3. The standard InChI is InChI=1S/C39H27N3/c1-26-41-36-15-6-7-16-37(36)42(26)31-10-8-9-30(25-31)39-34-13-4-2-11-32(34)38(33-12-3-5-14-35(33)39)29-19-17-27(18-20-29)28-21-23-40-24-22-28/h2-25H,1H3. The summed E-state index contributed by atoms with van der Waals surface area (Å²) in [6.07, 6.45) is 3.68. The van der Waals surface area contributed by atoms with Crippen LogP contribution in [0.1, 0.15) is 5.82 Å². The fourth-order valence-electron chi connectivity index (χ4n) is 6.40. The Bertz CT molecular complexity index is 2190. The maximum Gasteiger partial charge on any atom is 0.111 e. The minimum atomic E-state index is 0.980. The number of imidazole rings is 1. The molecule has 8 aromatic rings. The number of pyridine rings is 1. The van der Waals surface area contributed by atoms with Crippen LogP contribution in [0, 0.1) is 6.92 Å². The van der Waals surface area contributed by atoms with Crippen molar-refractivity contribution in [3.05, 3.63) is 152 Å². The number of para-hydroxylation sites is 2. The summed E-state index contributed by atoms with van der Waals surface area (Å²) < 4.78 is 2.25. The number of benzene rings is 6. The van der Waals surface area contributed by atoms with Gasteiger partial charge in [-0.25, -0.2) is 4.98 Å². The van der Waals surface area contributed by atoms with Crippen molar-refractivity contribution in [3.8, 4) is 39.1 Å². The van der Waals surface area contributed by atoms with E-state index in [1.165, 1.54) is 54.9 Å². The molecule has 8 rings (SSSR count). The summed E-state index contributed by atoms with van der Waals surface area (Å²) in [4.78, 5) is 8.99. The van der Waals surface area contributed by atoms with E-state index < -0.39 is 0 Å². The molecule has 2 aromatic heterocycles. The summed E-state index contributed by atoms with van der Waals surface area (Å²) in [6, 6.07) is 47.9. The Morgan fingerprint density at radius 1 is 0.476 bits per heavy atom. The Morgan fingerprint density at radius 2 is 1.02 bits per heavy atom. The van der Waals surface area contributed by atoms with Gasteiger partial charge in [-0.05, 0) is 98.2 Å². The topological polar surface area (TPSA) is 30.7 Å². The molecule has 0 saturated heterocycles. The number of hydrogen-bond acceptors (Lipinski definition) is 2. The minimum Gasteiger partial charge on any atom is -0.297 e. The molecule has 0 amide bonds. The summed E-state index contributed by atoms with van der Waals surface area (Å²) in [6.45, 7) is 2.08. The molecule has 0 fully saturated rings. The van der Waals surface area contributed by atoms with E-state index in [1.807, 2.05) is 18.5 Å². The molecular formula is C39H27N3. The molecule has 0 spiro atoms. The SMILES string of the molecule is Cc1nc2ccccc2n1-c1cccc(-c2c3ccccc3c(-c3ccc(-c4ccncc4)cc3)c3ccccc23)c1. The number of aryl methyl sites for hydroxylation is 1. The third kappa shape index (κ3) is 3.90. The van der Waals surface area contributed by atoms with E-state index in [0.29, 0.717) is 0 Å². The van der Waals surface area contributed by atoms with Gasteiger partial charge >= 0.3 is 0 Å². The molecule has 198 valence electrons. The van der Waals surface area contributed by atoms with Gasteiger partial charge in [0.05, 0.1) is 11.0 Å². The van der Waals surface area contributed by atoms with Gasteiger partial charge in [-0.2, -0.15) is 0 Å². The van der Waals surface area contributed by atoms with Crippen LogP contribution in [0.5, 0.6) is 0 Å². The van der Waals surface area contributed by atoms with E-state index in [9.17, 15) is 0 Å². The van der Waals surface area contributed by atoms with E-state index in [0.717, 1.165) is 22.5 Å². The second-order valence-corrected chi connectivity index (χ2v) is 10.7. The third-order valence-electron chi connectivity index (χ3n) is 8.24. The largest absolute Gasteiger partial charge is 0.297 e. The first kappa shape index (κ1) is 24.3. The van der Waals surface area contributed by atoms with E-state index >= 15 is 0 Å². The number of fused-ring (bicyclic) bond motifs is 3. The Kier molecular flexibility index (Phi) is 5.68. The predicted octanol–water partition coefficient (Wildman–Crippen LogP) is 10.0. The van der Waals surface area contributed by atoms with Gasteiger partial charge in [0, 0.05) is 18.1 Å². The zero-order valence-electron chi connectivity index (χ0n) is 23.2. The molecule has 0 atom stereocenters. The van der Waals surface area contributed by atoms with Crippen LogP contribution in [0.25, 0.3) is 71.6 Å². The molecule has 0 aliphatic rings. The van der Waals surface area contributed by atoms with Gasteiger partial charge in [-0.3, -0.25) is 9.55 Å². The molecule has 0 bridgehead atoms. The van der Waals surface area contributed by atoms with Crippen LogP contribution in [0.3, 0.4) is 0 Å². The smallest absolute Gasteiger partial charge is 0.111 e. The van der Waals surface area contributed by atoms with Gasteiger partial charge in [0.15, 0.2) is 0 Å². The fourth-order valence-corrected chi connectivity index (χ4v) is 6.40. The Hall–Kier alpha value is -5.54. The van der Waals surface area contributed by atoms with Crippen molar-refractivity contribution in [2.24, 2.45) is 0 Å². The van der Waals surface area contributed by atoms with Crippen molar-refractivity contribution in [2.75, 3.05) is 0 Å². The molecule has 3 heteroatoms. The van der Waals surface area contributed by atoms with E-state index in [1.54, 1.807) is 0 Å². The van der Waals surface area contributed by atoms with E-state index in [2.05, 4.69) is 144 Å². The van der Waals surface area contributed by atoms with Crippen molar-refractivity contribution in [3.63, 3.8) is 0 Å². The second kappa shape index (κ2) is 9.83. The van der Waals surface area contributed by atoms with Gasteiger partial charge in [-0.15, -0.1) is 0 Å². The molecule has 42 heavy (non-hydrogen) atoms. The zero-order chi connectivity index (χ0) is 28.0. The number of rotatable bonds is 4. The Morgan fingerprint density at radius 3 is 1.69 bits per heavy atom. The van der Waals surface area contributed by atoms with E-state index in [4.69, 9.17) is 4.98 Å². The van der Waals surface area contributed by atoms with Gasteiger partial charge in [0.2, 0.25) is 0 Å². The highest BCUT2D eigenvalue weighted by atomic mass is 15.1. The van der Waals surface area contributed by atoms with E-state index in [-0.39, 0.29) is 0 Å². The second-order valence-electron chi connectivity index (χ2n) is 10.7. The van der Waals surface area contributed by atoms with Crippen molar-refractivity contribution in [1.82, 2.24) is 14.5 Å². The van der Waals surface area contributed by atoms with Crippen LogP contribution in [-0.4, -0.2) is 14.5 Å². The monoisotopic (exact) mass is 537 g/mol. The fraction of sp³-hybridized carbons (Fsp3) is 0.0256. The molecule has 0 aliphatic carbocycles. The van der Waals surface area contributed by atoms with Crippen LogP contribution in [0.4, 0.5) is 0 Å². The Labute approximate surface area is 244 Å². The van der Waals surface area contributed by atoms with Crippen molar-refractivity contribution >= 4 is 32.6 Å². The normalized spacial score (nSPS) is 11.5. The lowest BCUT2D eigenvalue weighted by atomic mass is 9.85. The number of nitrogens with zero attached hydrogens (tertiary/aromatic N) is 3. The average Bonchev–Trinajstić information content (AvgIpc) is 3.39. The molecule has 6 aromatic carbocycles. The zero-order valence-corrected chi connectivity index (χ0v) is 23.2. The average molecular weight is 538 g/mol. The molecule has 3 nitrogen and oxygen atoms in total. The third-order valence-corrected chi connectivity index (χ3v) is 8.24. The van der Waals surface area contributed by atoms with Gasteiger partial charge in [-0.1, -0.05) is 97.1 Å². The lowest BCUT2D eigenvalue weighted by molar-refractivity contribution is 1.00. The summed E-state index contributed by atoms with van der Waals surface area (Å²) in [5, 5.41) is 4.98. The first-order valence-electron chi connectivity index (χ1n) is 14.3. The van der Waals surface area contributed by atoms with Crippen LogP contribution in [0.2, 0.25) is 0 Å². The van der Waals surface area contributed by atoms with Crippen molar-refractivity contribution in [2.45, 2.75) is 6.92 Å². The van der Waals surface area contributed by atoms with Gasteiger partial charge < -0.3 is 0 Å². The Balaban J connectivity index is 1.36. The molecule has 0 saturated carbocycles. The van der Waals surface area contributed by atoms with Gasteiger partial charge in [0.1, 0.15) is 5.82 Å². The molecule has 0 radical (unpaired) electrons. The maximum atomic E-state index is 4.82. The van der Waals surface area contributed by atoms with Crippen molar-refractivity contribution in [1.29, 1.82) is 0 Å². The lowest BCUT2D eigenvalue weighted by Gasteiger charge is -2.18. The van der Waals surface area contributed by atoms with Crippen molar-refractivity contribution < 1.29 is 0 Å². The first-order chi connectivity index (χ1) is 20.8. The predicted molar refractivity (Wildman–Crippen MR) is 175 cm³/mol. The summed E-state index contributed by atoms with van der Waals surface area (Å²) >= 11 is 0. The highest BCUT2D eigenvalue weighted by molar-refractivity contribution is 6.21. The maximum absolute atomic E-state index is 4.82. The number of hydrogen-bond donors (Lipinski definition) is 0. The van der Waals surface area contributed by atoms with Crippen LogP contribution >= 0.6 is 0 Å². The highest BCUT2D eigenvalue weighted by Crippen LogP contribution is 2.44. The molecule has 0 N–H and O–H groups in total. The molecule has 0 unspecified atom stereocenters. The van der Waals surface area contributed by atoms with Gasteiger partial charge in [0.25, 0.3) is 0 Å². The van der Waals surface area contributed by atoms with Crippen LogP contribution in [-0.2, 0) is 0 Å². The van der Waals surface area contributed by atoms with Crippen LogP contribution < -0.4 is 0 Å². The summed E-state index contributed by atoms with van der Waals surface area (Å²) in [5.74, 6) is 0.980.